The van der Waals surface area contributed by atoms with Gasteiger partial charge in [0.15, 0.2) is 6.61 Å². The van der Waals surface area contributed by atoms with Gasteiger partial charge in [-0.15, -0.1) is 0 Å². The van der Waals surface area contributed by atoms with Crippen molar-refractivity contribution in [2.75, 3.05) is 11.5 Å². The van der Waals surface area contributed by atoms with Crippen LogP contribution < -0.4 is 15.0 Å². The topological polar surface area (TPSA) is 58.6 Å². The number of rotatable bonds is 4. The Hall–Kier alpha value is -3.34. The van der Waals surface area contributed by atoms with Gasteiger partial charge in [-0.05, 0) is 41.3 Å². The first-order chi connectivity index (χ1) is 15.2. The number of fused-ring (bicyclic) bond motifs is 2. The minimum Gasteiger partial charge on any atom is -0.482 e. The first kappa shape index (κ1) is 19.6. The molecule has 0 spiro atoms. The van der Waals surface area contributed by atoms with E-state index in [9.17, 15) is 9.59 Å². The van der Waals surface area contributed by atoms with E-state index in [1.54, 1.807) is 4.90 Å². The van der Waals surface area contributed by atoms with Gasteiger partial charge in [-0.3, -0.25) is 14.5 Å². The molecule has 31 heavy (non-hydrogen) atoms. The Kier molecular flexibility index (Phi) is 5.33. The number of nitrogens with one attached hydrogen (secondary N) is 1. The summed E-state index contributed by atoms with van der Waals surface area (Å²) in [5, 5.41) is 5.27. The fourth-order valence-corrected chi connectivity index (χ4v) is 4.72. The average molecular weight is 415 g/mol. The molecule has 5 nitrogen and oxygen atoms in total. The molecule has 0 radical (unpaired) electrons. The molecule has 1 aliphatic carbocycles. The van der Waals surface area contributed by atoms with Gasteiger partial charge in [-0.25, -0.2) is 0 Å². The number of ether oxygens (including phenoxy) is 1. The second kappa shape index (κ2) is 8.42. The summed E-state index contributed by atoms with van der Waals surface area (Å²) >= 11 is 0. The Morgan fingerprint density at radius 1 is 0.935 bits per heavy atom. The van der Waals surface area contributed by atoms with Crippen LogP contribution in [0.1, 0.15) is 43.7 Å². The molecule has 3 aromatic carbocycles. The fourth-order valence-electron chi connectivity index (χ4n) is 4.72. The van der Waals surface area contributed by atoms with Crippen LogP contribution in [0.3, 0.4) is 0 Å². The SMILES string of the molecule is O=C(NC1CCCCC1)C(c1ccccc1)N1C(=O)COc2cc3ccccc3cc21. The molecule has 1 N–H and O–H groups in total. The van der Waals surface area contributed by atoms with Crippen LogP contribution >= 0.6 is 0 Å². The van der Waals surface area contributed by atoms with Crippen molar-refractivity contribution in [3.05, 3.63) is 72.3 Å². The van der Waals surface area contributed by atoms with Crippen molar-refractivity contribution in [1.82, 2.24) is 5.32 Å². The highest BCUT2D eigenvalue weighted by Gasteiger charge is 2.37. The summed E-state index contributed by atoms with van der Waals surface area (Å²) in [5.74, 6) is 0.285. The molecule has 0 aromatic heterocycles. The Morgan fingerprint density at radius 2 is 1.61 bits per heavy atom. The van der Waals surface area contributed by atoms with Crippen molar-refractivity contribution in [2.24, 2.45) is 0 Å². The molecular weight excluding hydrogens is 388 g/mol. The molecule has 1 saturated carbocycles. The fraction of sp³-hybridized carbons (Fsp3) is 0.308. The van der Waals surface area contributed by atoms with Crippen molar-refractivity contribution in [3.63, 3.8) is 0 Å². The highest BCUT2D eigenvalue weighted by molar-refractivity contribution is 6.06. The number of nitrogens with zero attached hydrogens (tertiary/aromatic N) is 1. The highest BCUT2D eigenvalue weighted by atomic mass is 16.5. The largest absolute Gasteiger partial charge is 0.482 e. The lowest BCUT2D eigenvalue weighted by molar-refractivity contribution is -0.128. The maximum absolute atomic E-state index is 13.6. The number of benzene rings is 3. The molecular formula is C26H26N2O3. The third kappa shape index (κ3) is 3.88. The Morgan fingerprint density at radius 3 is 2.35 bits per heavy atom. The normalized spacial score (nSPS) is 17.7. The lowest BCUT2D eigenvalue weighted by Gasteiger charge is -2.36. The van der Waals surface area contributed by atoms with Gasteiger partial charge in [0.05, 0.1) is 5.69 Å². The maximum atomic E-state index is 13.6. The summed E-state index contributed by atoms with van der Waals surface area (Å²) in [6.07, 6.45) is 5.46. The predicted molar refractivity (Wildman–Crippen MR) is 121 cm³/mol. The van der Waals surface area contributed by atoms with Gasteiger partial charge in [-0.1, -0.05) is 73.9 Å². The van der Waals surface area contributed by atoms with Crippen molar-refractivity contribution >= 4 is 28.3 Å². The summed E-state index contributed by atoms with van der Waals surface area (Å²) in [6, 6.07) is 20.8. The van der Waals surface area contributed by atoms with Gasteiger partial charge >= 0.3 is 0 Å². The van der Waals surface area contributed by atoms with Crippen LogP contribution in [0.2, 0.25) is 0 Å². The van der Waals surface area contributed by atoms with Gasteiger partial charge in [0.2, 0.25) is 5.91 Å². The van der Waals surface area contributed by atoms with E-state index in [4.69, 9.17) is 4.74 Å². The van der Waals surface area contributed by atoms with E-state index < -0.39 is 6.04 Å². The molecule has 1 unspecified atom stereocenters. The van der Waals surface area contributed by atoms with E-state index in [1.165, 1.54) is 6.42 Å². The second-order valence-corrected chi connectivity index (χ2v) is 8.38. The lowest BCUT2D eigenvalue weighted by Crippen LogP contribution is -2.49. The van der Waals surface area contributed by atoms with E-state index in [0.717, 1.165) is 42.0 Å². The van der Waals surface area contributed by atoms with Gasteiger partial charge in [0, 0.05) is 6.04 Å². The molecule has 5 heteroatoms. The van der Waals surface area contributed by atoms with Gasteiger partial charge in [0.1, 0.15) is 11.8 Å². The summed E-state index contributed by atoms with van der Waals surface area (Å²) in [7, 11) is 0. The maximum Gasteiger partial charge on any atom is 0.266 e. The third-order valence-corrected chi connectivity index (χ3v) is 6.28. The van der Waals surface area contributed by atoms with Gasteiger partial charge in [0.25, 0.3) is 5.91 Å². The third-order valence-electron chi connectivity index (χ3n) is 6.28. The predicted octanol–water partition coefficient (Wildman–Crippen LogP) is 4.76. The first-order valence-electron chi connectivity index (χ1n) is 11.0. The molecule has 2 amide bonds. The number of hydrogen-bond donors (Lipinski definition) is 1. The van der Waals surface area contributed by atoms with E-state index in [2.05, 4.69) is 5.32 Å². The van der Waals surface area contributed by atoms with Crippen molar-refractivity contribution < 1.29 is 14.3 Å². The number of carbonyl (C=O) groups excluding carboxylic acids is 2. The van der Waals surface area contributed by atoms with Crippen LogP contribution in [0.4, 0.5) is 5.69 Å². The van der Waals surface area contributed by atoms with Gasteiger partial charge < -0.3 is 10.1 Å². The Bertz CT molecular complexity index is 1110. The zero-order valence-corrected chi connectivity index (χ0v) is 17.4. The summed E-state index contributed by atoms with van der Waals surface area (Å²) in [4.78, 5) is 28.3. The standard InChI is InChI=1S/C26H26N2O3/c29-24-17-31-23-16-20-12-8-7-11-19(20)15-22(23)28(24)25(18-9-3-1-4-10-18)26(30)27-21-13-5-2-6-14-21/h1,3-4,7-12,15-16,21,25H,2,5-6,13-14,17H2,(H,27,30). The Labute approximate surface area is 182 Å². The zero-order valence-electron chi connectivity index (χ0n) is 17.4. The summed E-state index contributed by atoms with van der Waals surface area (Å²) in [5.41, 5.74) is 1.44. The monoisotopic (exact) mass is 414 g/mol. The molecule has 2 aliphatic rings. The molecule has 1 fully saturated rings. The molecule has 1 aliphatic heterocycles. The number of anilines is 1. The molecule has 5 rings (SSSR count). The van der Waals surface area contributed by atoms with Crippen LogP contribution in [-0.4, -0.2) is 24.5 Å². The van der Waals surface area contributed by atoms with Crippen molar-refractivity contribution in [1.29, 1.82) is 0 Å². The van der Waals surface area contributed by atoms with Crippen LogP contribution in [0, 0.1) is 0 Å². The quantitative estimate of drug-likeness (QED) is 0.670. The minimum atomic E-state index is -0.737. The molecule has 1 heterocycles. The van der Waals surface area contributed by atoms with Crippen LogP contribution in [0.25, 0.3) is 10.8 Å². The molecule has 1 atom stereocenters. The van der Waals surface area contributed by atoms with Gasteiger partial charge in [-0.2, -0.15) is 0 Å². The minimum absolute atomic E-state index is 0.0780. The second-order valence-electron chi connectivity index (χ2n) is 8.38. The molecule has 3 aromatic rings. The Balaban J connectivity index is 1.58. The smallest absolute Gasteiger partial charge is 0.266 e. The van der Waals surface area contributed by atoms with Crippen LogP contribution in [0.5, 0.6) is 5.75 Å². The van der Waals surface area contributed by atoms with Crippen LogP contribution in [0.15, 0.2) is 66.7 Å². The summed E-state index contributed by atoms with van der Waals surface area (Å²) < 4.78 is 5.77. The molecule has 0 bridgehead atoms. The number of hydrogen-bond acceptors (Lipinski definition) is 3. The molecule has 0 saturated heterocycles. The average Bonchev–Trinajstić information content (AvgIpc) is 2.81. The van der Waals surface area contributed by atoms with E-state index in [0.29, 0.717) is 11.4 Å². The first-order valence-corrected chi connectivity index (χ1v) is 11.0. The van der Waals surface area contributed by atoms with E-state index in [-0.39, 0.29) is 24.5 Å². The van der Waals surface area contributed by atoms with Crippen molar-refractivity contribution in [2.45, 2.75) is 44.2 Å². The molecule has 158 valence electrons. The zero-order chi connectivity index (χ0) is 21.2. The number of carbonyl (C=O) groups is 2. The number of amides is 2. The van der Waals surface area contributed by atoms with Crippen LogP contribution in [-0.2, 0) is 9.59 Å². The highest BCUT2D eigenvalue weighted by Crippen LogP contribution is 2.40. The van der Waals surface area contributed by atoms with E-state index >= 15 is 0 Å². The van der Waals surface area contributed by atoms with E-state index in [1.807, 2.05) is 66.7 Å². The summed E-state index contributed by atoms with van der Waals surface area (Å²) in [6.45, 7) is -0.0780. The van der Waals surface area contributed by atoms with Crippen molar-refractivity contribution in [3.8, 4) is 5.75 Å². The lowest BCUT2D eigenvalue weighted by atomic mass is 9.94.